The predicted octanol–water partition coefficient (Wildman–Crippen LogP) is 3.59. The first kappa shape index (κ1) is 18.0. The molecule has 2 atom stereocenters. The van der Waals surface area contributed by atoms with Crippen molar-refractivity contribution < 1.29 is 24.1 Å². The lowest BCUT2D eigenvalue weighted by molar-refractivity contribution is -0.271. The first-order chi connectivity index (χ1) is 10.3. The number of hydrogen-bond acceptors (Lipinski definition) is 5. The predicted molar refractivity (Wildman–Crippen MR) is 82.1 cm³/mol. The van der Waals surface area contributed by atoms with Gasteiger partial charge in [-0.05, 0) is 38.3 Å². The fraction of sp³-hybridized carbons (Fsp3) is 0.529. The molecule has 0 spiro atoms. The van der Waals surface area contributed by atoms with Crippen molar-refractivity contribution in [2.75, 3.05) is 0 Å². The topological polar surface area (TPSA) is 61.8 Å². The van der Waals surface area contributed by atoms with Crippen LogP contribution in [-0.2, 0) is 19.4 Å². The van der Waals surface area contributed by atoms with Gasteiger partial charge in [0.05, 0.1) is 5.92 Å². The molecule has 5 heteroatoms. The van der Waals surface area contributed by atoms with Crippen molar-refractivity contribution in [3.05, 3.63) is 29.8 Å². The van der Waals surface area contributed by atoms with Gasteiger partial charge in [-0.2, -0.15) is 0 Å². The highest BCUT2D eigenvalue weighted by molar-refractivity contribution is 5.80. The Morgan fingerprint density at radius 1 is 1.18 bits per heavy atom. The summed E-state index contributed by atoms with van der Waals surface area (Å²) >= 11 is 0. The third-order valence-electron chi connectivity index (χ3n) is 3.75. The van der Waals surface area contributed by atoms with Crippen LogP contribution in [0.15, 0.2) is 24.3 Å². The molecule has 0 bridgehead atoms. The van der Waals surface area contributed by atoms with Gasteiger partial charge in [0.1, 0.15) is 5.75 Å². The lowest BCUT2D eigenvalue weighted by Crippen LogP contribution is -2.43. The molecule has 0 saturated heterocycles. The Balaban J connectivity index is 2.74. The smallest absolute Gasteiger partial charge is 0.398 e. The summed E-state index contributed by atoms with van der Waals surface area (Å²) in [6.07, 6.45) is 0.988. The Kier molecular flexibility index (Phi) is 6.40. The van der Waals surface area contributed by atoms with Crippen LogP contribution in [0, 0.1) is 12.8 Å². The molecule has 0 fully saturated rings. The maximum Gasteiger partial charge on any atom is 0.398 e. The van der Waals surface area contributed by atoms with Crippen LogP contribution in [0.4, 0.5) is 0 Å². The molecule has 0 aliphatic heterocycles. The van der Waals surface area contributed by atoms with Crippen molar-refractivity contribution in [2.45, 2.75) is 53.1 Å². The molecular weight excluding hydrogens is 284 g/mol. The van der Waals surface area contributed by atoms with E-state index in [4.69, 9.17) is 4.74 Å². The van der Waals surface area contributed by atoms with Crippen molar-refractivity contribution in [3.63, 3.8) is 0 Å². The normalized spacial score (nSPS) is 14.6. The van der Waals surface area contributed by atoms with Crippen LogP contribution in [-0.4, -0.2) is 17.5 Å². The van der Waals surface area contributed by atoms with Gasteiger partial charge in [0, 0.05) is 0 Å². The van der Waals surface area contributed by atoms with E-state index in [1.54, 1.807) is 26.8 Å². The number of aryl methyl sites for hydroxylation is 1. The second-order valence-electron chi connectivity index (χ2n) is 5.53. The lowest BCUT2D eigenvalue weighted by atomic mass is 10.0. The highest BCUT2D eigenvalue weighted by Crippen LogP contribution is 2.25. The van der Waals surface area contributed by atoms with Crippen molar-refractivity contribution in [1.29, 1.82) is 0 Å². The second-order valence-corrected chi connectivity index (χ2v) is 5.53. The van der Waals surface area contributed by atoms with Gasteiger partial charge in [-0.25, -0.2) is 19.4 Å². The van der Waals surface area contributed by atoms with Gasteiger partial charge in [0.2, 0.25) is 5.60 Å². The van der Waals surface area contributed by atoms with E-state index in [2.05, 4.69) is 9.78 Å². The van der Waals surface area contributed by atoms with E-state index < -0.39 is 17.5 Å². The molecule has 0 heterocycles. The van der Waals surface area contributed by atoms with E-state index in [-0.39, 0.29) is 5.92 Å². The van der Waals surface area contributed by atoms with Crippen molar-refractivity contribution in [2.24, 2.45) is 5.92 Å². The standard InChI is InChI=1S/C17H24O5/c1-6-12(3)15(18)21-22-16(19)17(5,7-2)20-14-11-9-8-10-13(14)4/h8-12H,6-7H2,1-5H3. The third-order valence-corrected chi connectivity index (χ3v) is 3.75. The first-order valence-electron chi connectivity index (χ1n) is 7.51. The van der Waals surface area contributed by atoms with Crippen molar-refractivity contribution in [1.82, 2.24) is 0 Å². The molecule has 5 nitrogen and oxygen atoms in total. The Bertz CT molecular complexity index is 526. The molecule has 0 aliphatic rings. The minimum atomic E-state index is -1.22. The van der Waals surface area contributed by atoms with Crippen LogP contribution < -0.4 is 4.74 Å². The molecule has 122 valence electrons. The molecule has 1 aromatic carbocycles. The summed E-state index contributed by atoms with van der Waals surface area (Å²) in [6, 6.07) is 7.38. The zero-order chi connectivity index (χ0) is 16.8. The SMILES string of the molecule is CCC(C)C(=O)OOC(=O)C(C)(CC)Oc1ccccc1C. The highest BCUT2D eigenvalue weighted by Gasteiger charge is 2.38. The monoisotopic (exact) mass is 308 g/mol. The maximum atomic E-state index is 12.2. The van der Waals surface area contributed by atoms with Gasteiger partial charge in [0.15, 0.2) is 0 Å². The van der Waals surface area contributed by atoms with E-state index in [0.717, 1.165) is 5.56 Å². The molecule has 0 radical (unpaired) electrons. The summed E-state index contributed by atoms with van der Waals surface area (Å²) in [7, 11) is 0. The van der Waals surface area contributed by atoms with Crippen LogP contribution in [0.3, 0.4) is 0 Å². The van der Waals surface area contributed by atoms with Crippen LogP contribution >= 0.6 is 0 Å². The number of carbonyl (C=O) groups is 2. The summed E-state index contributed by atoms with van der Waals surface area (Å²) < 4.78 is 5.80. The number of para-hydroxylation sites is 1. The summed E-state index contributed by atoms with van der Waals surface area (Å²) in [5.74, 6) is -1.02. The molecule has 0 saturated carbocycles. The number of rotatable bonds is 6. The average Bonchev–Trinajstić information content (AvgIpc) is 2.53. The van der Waals surface area contributed by atoms with Gasteiger partial charge in [-0.3, -0.25) is 0 Å². The minimum absolute atomic E-state index is 0.321. The van der Waals surface area contributed by atoms with Gasteiger partial charge in [-0.15, -0.1) is 0 Å². The van der Waals surface area contributed by atoms with Gasteiger partial charge < -0.3 is 4.74 Å². The second kappa shape index (κ2) is 7.82. The summed E-state index contributed by atoms with van der Waals surface area (Å²) in [4.78, 5) is 33.1. The summed E-state index contributed by atoms with van der Waals surface area (Å²) in [5, 5.41) is 0. The molecule has 22 heavy (non-hydrogen) atoms. The van der Waals surface area contributed by atoms with Crippen LogP contribution in [0.2, 0.25) is 0 Å². The van der Waals surface area contributed by atoms with E-state index in [1.165, 1.54) is 0 Å². The van der Waals surface area contributed by atoms with Gasteiger partial charge >= 0.3 is 11.9 Å². The van der Waals surface area contributed by atoms with Gasteiger partial charge in [0.25, 0.3) is 0 Å². The van der Waals surface area contributed by atoms with E-state index in [9.17, 15) is 9.59 Å². The number of benzene rings is 1. The zero-order valence-corrected chi connectivity index (χ0v) is 13.8. The lowest BCUT2D eigenvalue weighted by Gasteiger charge is -2.27. The number of hydrogen-bond donors (Lipinski definition) is 0. The molecule has 1 rings (SSSR count). The Labute approximate surface area is 131 Å². The van der Waals surface area contributed by atoms with Gasteiger partial charge in [-0.1, -0.05) is 39.0 Å². The average molecular weight is 308 g/mol. The molecule has 0 aromatic heterocycles. The summed E-state index contributed by atoms with van der Waals surface area (Å²) in [6.45, 7) is 8.86. The van der Waals surface area contributed by atoms with Crippen LogP contribution in [0.5, 0.6) is 5.75 Å². The molecule has 0 amide bonds. The van der Waals surface area contributed by atoms with E-state index in [1.807, 2.05) is 32.0 Å². The molecular formula is C17H24O5. The molecule has 0 N–H and O–H groups in total. The highest BCUT2D eigenvalue weighted by atomic mass is 17.2. The fourth-order valence-electron chi connectivity index (χ4n) is 1.59. The fourth-order valence-corrected chi connectivity index (χ4v) is 1.59. The first-order valence-corrected chi connectivity index (χ1v) is 7.51. The number of ether oxygens (including phenoxy) is 1. The molecule has 1 aromatic rings. The summed E-state index contributed by atoms with van der Waals surface area (Å²) in [5.41, 5.74) is -0.312. The molecule has 0 aliphatic carbocycles. The molecule has 2 unspecified atom stereocenters. The van der Waals surface area contributed by atoms with E-state index in [0.29, 0.717) is 18.6 Å². The quantitative estimate of drug-likeness (QED) is 0.593. The van der Waals surface area contributed by atoms with Crippen LogP contribution in [0.1, 0.15) is 46.1 Å². The Morgan fingerprint density at radius 2 is 1.82 bits per heavy atom. The van der Waals surface area contributed by atoms with E-state index >= 15 is 0 Å². The number of carbonyl (C=O) groups excluding carboxylic acids is 2. The Morgan fingerprint density at radius 3 is 2.36 bits per heavy atom. The van der Waals surface area contributed by atoms with Crippen molar-refractivity contribution >= 4 is 11.9 Å². The Hall–Kier alpha value is -2.04. The minimum Gasteiger partial charge on any atom is -0.475 e. The van der Waals surface area contributed by atoms with Crippen molar-refractivity contribution in [3.8, 4) is 5.75 Å². The maximum absolute atomic E-state index is 12.2. The third kappa shape index (κ3) is 4.48. The zero-order valence-electron chi connectivity index (χ0n) is 13.8. The largest absolute Gasteiger partial charge is 0.475 e. The van der Waals surface area contributed by atoms with Crippen LogP contribution in [0.25, 0.3) is 0 Å².